The lowest BCUT2D eigenvalue weighted by molar-refractivity contribution is 0.195. The quantitative estimate of drug-likeness (QED) is 0.220. The van der Waals surface area contributed by atoms with Crippen LogP contribution < -0.4 is 26.2 Å². The van der Waals surface area contributed by atoms with E-state index >= 15 is 0 Å². The van der Waals surface area contributed by atoms with Crippen molar-refractivity contribution in [3.05, 3.63) is 78.4 Å². The van der Waals surface area contributed by atoms with Crippen LogP contribution in [0.25, 0.3) is 20.2 Å². The van der Waals surface area contributed by atoms with Crippen molar-refractivity contribution in [1.82, 2.24) is 0 Å². The molecule has 1 aliphatic carbocycles. The van der Waals surface area contributed by atoms with Gasteiger partial charge in [-0.15, -0.1) is 11.3 Å². The number of rotatable bonds is 0. The molecule has 4 heterocycles. The molecule has 9 rings (SSSR count). The first-order valence-corrected chi connectivity index (χ1v) is 14.6. The second-order valence-corrected chi connectivity index (χ2v) is 13.2. The van der Waals surface area contributed by atoms with Crippen LogP contribution in [0.4, 0.5) is 22.7 Å². The topological polar surface area (TPSA) is 6.48 Å². The monoisotopic (exact) mass is 496 g/mol. The predicted octanol–water partition coefficient (Wildman–Crippen LogP) is 6.71. The number of benzene rings is 4. The lowest BCUT2D eigenvalue weighted by Crippen LogP contribution is -2.64. The van der Waals surface area contributed by atoms with Crippen molar-refractivity contribution in [2.24, 2.45) is 0 Å². The standard InChI is InChI=1S/C33H29BN2S/c1-32-18-6-7-19-33(32,2)36-25-14-9-13-24-29(25)34(22-12-8-11-21(32)30(22)36)23-16-17-27-28(31(23)35(24)3)20-10-4-5-15-26(20)37-27/h4-5,8-17H,6-7,18-19H2,1-3H3/t32-,33?/m0/s1. The Morgan fingerprint density at radius 3 is 2.46 bits per heavy atom. The third-order valence-corrected chi connectivity index (χ3v) is 11.7. The maximum atomic E-state index is 2.80. The molecular formula is C33H29BN2S. The summed E-state index contributed by atoms with van der Waals surface area (Å²) in [5.41, 5.74) is 12.0. The largest absolute Gasteiger partial charge is 0.345 e. The molecule has 3 aliphatic heterocycles. The van der Waals surface area contributed by atoms with E-state index in [-0.39, 0.29) is 17.7 Å². The highest BCUT2D eigenvalue weighted by atomic mass is 32.1. The number of para-hydroxylation sites is 1. The molecule has 0 N–H and O–H groups in total. The van der Waals surface area contributed by atoms with Crippen LogP contribution in [-0.2, 0) is 5.41 Å². The van der Waals surface area contributed by atoms with Crippen LogP contribution in [-0.4, -0.2) is 19.3 Å². The van der Waals surface area contributed by atoms with E-state index < -0.39 is 0 Å². The van der Waals surface area contributed by atoms with Gasteiger partial charge in [0.1, 0.15) is 0 Å². The number of nitrogens with zero attached hydrogens (tertiary/aromatic N) is 2. The van der Waals surface area contributed by atoms with Gasteiger partial charge in [-0.25, -0.2) is 0 Å². The first-order chi connectivity index (χ1) is 18.0. The molecule has 1 saturated carbocycles. The zero-order chi connectivity index (χ0) is 24.7. The smallest absolute Gasteiger partial charge is 0.252 e. The molecule has 4 aromatic carbocycles. The van der Waals surface area contributed by atoms with Gasteiger partial charge >= 0.3 is 0 Å². The summed E-state index contributed by atoms with van der Waals surface area (Å²) in [6.07, 6.45) is 5.17. The van der Waals surface area contributed by atoms with Crippen LogP contribution in [0.5, 0.6) is 0 Å². The van der Waals surface area contributed by atoms with Crippen molar-refractivity contribution in [2.45, 2.75) is 50.5 Å². The van der Waals surface area contributed by atoms with Crippen LogP contribution in [0.3, 0.4) is 0 Å². The molecule has 1 fully saturated rings. The van der Waals surface area contributed by atoms with Crippen LogP contribution >= 0.6 is 11.3 Å². The molecule has 1 unspecified atom stereocenters. The summed E-state index contributed by atoms with van der Waals surface area (Å²) in [6.45, 7) is 5.37. The van der Waals surface area contributed by atoms with E-state index in [9.17, 15) is 0 Å². The van der Waals surface area contributed by atoms with E-state index in [0.29, 0.717) is 0 Å². The average molecular weight is 496 g/mol. The maximum absolute atomic E-state index is 2.80. The molecule has 1 aromatic heterocycles. The summed E-state index contributed by atoms with van der Waals surface area (Å²) in [4.78, 5) is 5.29. The SMILES string of the molecule is CN1c2cccc3c2B(c2cccc4c2N3C2(C)CCCC[C@@]42C)c2ccc3sc4ccccc4c3c21. The zero-order valence-corrected chi connectivity index (χ0v) is 22.5. The van der Waals surface area contributed by atoms with E-state index in [1.807, 2.05) is 11.3 Å². The number of hydrogen-bond donors (Lipinski definition) is 0. The van der Waals surface area contributed by atoms with E-state index in [0.717, 1.165) is 0 Å². The van der Waals surface area contributed by atoms with Gasteiger partial charge < -0.3 is 9.80 Å². The summed E-state index contributed by atoms with van der Waals surface area (Å²) in [6, 6.07) is 28.1. The number of anilines is 4. The van der Waals surface area contributed by atoms with Crippen molar-refractivity contribution in [1.29, 1.82) is 0 Å². The normalized spacial score (nSPS) is 24.8. The first-order valence-electron chi connectivity index (χ1n) is 13.8. The van der Waals surface area contributed by atoms with Gasteiger partial charge in [0.2, 0.25) is 0 Å². The Balaban J connectivity index is 1.42. The second-order valence-electron chi connectivity index (χ2n) is 12.1. The summed E-state index contributed by atoms with van der Waals surface area (Å²) in [5.74, 6) is 0. The third kappa shape index (κ3) is 2.20. The van der Waals surface area contributed by atoms with Crippen molar-refractivity contribution >= 4 is 77.4 Å². The Bertz CT molecular complexity index is 1820. The van der Waals surface area contributed by atoms with E-state index in [4.69, 9.17) is 0 Å². The molecule has 2 nitrogen and oxygen atoms in total. The lowest BCUT2D eigenvalue weighted by atomic mass is 9.33. The maximum Gasteiger partial charge on any atom is 0.252 e. The van der Waals surface area contributed by atoms with Gasteiger partial charge in [0.05, 0.1) is 5.54 Å². The minimum Gasteiger partial charge on any atom is -0.345 e. The van der Waals surface area contributed by atoms with Gasteiger partial charge in [-0.1, -0.05) is 68.3 Å². The molecule has 5 aromatic rings. The van der Waals surface area contributed by atoms with Gasteiger partial charge in [-0.3, -0.25) is 0 Å². The molecule has 0 saturated heterocycles. The average Bonchev–Trinajstić information content (AvgIpc) is 3.40. The zero-order valence-electron chi connectivity index (χ0n) is 21.6. The minimum atomic E-state index is 0.107. The van der Waals surface area contributed by atoms with Crippen LogP contribution in [0.2, 0.25) is 0 Å². The predicted molar refractivity (Wildman–Crippen MR) is 161 cm³/mol. The Morgan fingerprint density at radius 2 is 1.54 bits per heavy atom. The summed E-state index contributed by atoms with van der Waals surface area (Å²) < 4.78 is 2.76. The summed E-state index contributed by atoms with van der Waals surface area (Å²) in [5, 5.41) is 2.80. The van der Waals surface area contributed by atoms with E-state index in [1.165, 1.54) is 85.0 Å². The van der Waals surface area contributed by atoms with E-state index in [2.05, 4.69) is 103 Å². The number of hydrogen-bond acceptors (Lipinski definition) is 3. The van der Waals surface area contributed by atoms with Gasteiger partial charge in [0.25, 0.3) is 6.71 Å². The fraction of sp³-hybridized carbons (Fsp3) is 0.273. The molecule has 0 bridgehead atoms. The Kier molecular flexibility index (Phi) is 3.71. The number of fused-ring (bicyclic) bond motifs is 11. The number of thiophene rings is 1. The molecule has 0 radical (unpaired) electrons. The fourth-order valence-electron chi connectivity index (χ4n) is 8.73. The van der Waals surface area contributed by atoms with Crippen molar-refractivity contribution in [3.63, 3.8) is 0 Å². The van der Waals surface area contributed by atoms with Gasteiger partial charge in [-0.2, -0.15) is 0 Å². The van der Waals surface area contributed by atoms with Crippen molar-refractivity contribution in [3.8, 4) is 0 Å². The molecule has 180 valence electrons. The van der Waals surface area contributed by atoms with Crippen LogP contribution in [0, 0.1) is 0 Å². The fourth-order valence-corrected chi connectivity index (χ4v) is 9.84. The third-order valence-electron chi connectivity index (χ3n) is 10.6. The van der Waals surface area contributed by atoms with Gasteiger partial charge in [0, 0.05) is 55.4 Å². The molecule has 4 heteroatoms. The highest BCUT2D eigenvalue weighted by Crippen LogP contribution is 2.61. The second kappa shape index (κ2) is 6.60. The lowest BCUT2D eigenvalue weighted by Gasteiger charge is -2.52. The first kappa shape index (κ1) is 20.8. The van der Waals surface area contributed by atoms with Crippen molar-refractivity contribution < 1.29 is 0 Å². The summed E-state index contributed by atoms with van der Waals surface area (Å²) >= 11 is 1.92. The summed E-state index contributed by atoms with van der Waals surface area (Å²) in [7, 11) is 2.29. The molecule has 37 heavy (non-hydrogen) atoms. The van der Waals surface area contributed by atoms with Gasteiger partial charge in [-0.05, 0) is 66.0 Å². The van der Waals surface area contributed by atoms with Crippen LogP contribution in [0.15, 0.2) is 72.8 Å². The van der Waals surface area contributed by atoms with E-state index in [1.54, 1.807) is 5.56 Å². The Hall–Kier alpha value is -3.24. The Labute approximate surface area is 222 Å². The Morgan fingerprint density at radius 1 is 0.757 bits per heavy atom. The minimum absolute atomic E-state index is 0.107. The highest BCUT2D eigenvalue weighted by Gasteiger charge is 2.61. The highest BCUT2D eigenvalue weighted by molar-refractivity contribution is 7.26. The molecule has 0 amide bonds. The van der Waals surface area contributed by atoms with Crippen LogP contribution in [0.1, 0.15) is 45.1 Å². The van der Waals surface area contributed by atoms with Gasteiger partial charge in [0.15, 0.2) is 0 Å². The molecule has 2 atom stereocenters. The molecular weight excluding hydrogens is 467 g/mol. The molecule has 0 spiro atoms. The van der Waals surface area contributed by atoms with Crippen molar-refractivity contribution in [2.75, 3.05) is 16.8 Å². The molecule has 4 aliphatic rings.